The highest BCUT2D eigenvalue weighted by Gasteiger charge is 2.19. The molecule has 2 N–H and O–H groups in total. The van der Waals surface area contributed by atoms with E-state index in [0.29, 0.717) is 13.0 Å². The molecule has 29 heavy (non-hydrogen) atoms. The van der Waals surface area contributed by atoms with Crippen LogP contribution in [0.3, 0.4) is 0 Å². The standard InChI is InChI=1S/C20H25N3O5S/c1-4-28-18-11-6-5-8-15(18)12-13-19(24)21-22-20(25)16-9-7-10-17(14-16)29(26,27)23(2)3/h5-11,14H,4,12-13H2,1-3H3,(H,21,24)(H,22,25). The highest BCUT2D eigenvalue weighted by Crippen LogP contribution is 2.19. The van der Waals surface area contributed by atoms with Crippen molar-refractivity contribution in [3.05, 3.63) is 59.7 Å². The second-order valence-corrected chi connectivity index (χ2v) is 8.51. The number of hydrogen-bond acceptors (Lipinski definition) is 5. The summed E-state index contributed by atoms with van der Waals surface area (Å²) in [6, 6.07) is 13.1. The first-order valence-corrected chi connectivity index (χ1v) is 10.5. The monoisotopic (exact) mass is 419 g/mol. The van der Waals surface area contributed by atoms with Crippen molar-refractivity contribution in [2.75, 3.05) is 20.7 Å². The van der Waals surface area contributed by atoms with E-state index in [1.165, 1.54) is 38.4 Å². The average molecular weight is 420 g/mol. The Morgan fingerprint density at radius 2 is 1.76 bits per heavy atom. The topological polar surface area (TPSA) is 105 Å². The predicted octanol–water partition coefficient (Wildman–Crippen LogP) is 1.73. The molecular formula is C20H25N3O5S. The summed E-state index contributed by atoms with van der Waals surface area (Å²) in [4.78, 5) is 24.3. The van der Waals surface area contributed by atoms with Gasteiger partial charge in [-0.15, -0.1) is 0 Å². The highest BCUT2D eigenvalue weighted by atomic mass is 32.2. The van der Waals surface area contributed by atoms with E-state index < -0.39 is 15.9 Å². The lowest BCUT2D eigenvalue weighted by Gasteiger charge is -2.13. The van der Waals surface area contributed by atoms with Crippen LogP contribution in [0.1, 0.15) is 29.3 Å². The summed E-state index contributed by atoms with van der Waals surface area (Å²) >= 11 is 0. The number of sulfonamides is 1. The van der Waals surface area contributed by atoms with Crippen molar-refractivity contribution in [2.45, 2.75) is 24.7 Å². The molecule has 2 aromatic carbocycles. The molecule has 0 aromatic heterocycles. The highest BCUT2D eigenvalue weighted by molar-refractivity contribution is 7.89. The zero-order chi connectivity index (χ0) is 21.4. The van der Waals surface area contributed by atoms with Crippen LogP contribution in [0.15, 0.2) is 53.4 Å². The van der Waals surface area contributed by atoms with Gasteiger partial charge in [0.25, 0.3) is 5.91 Å². The third-order valence-electron chi connectivity index (χ3n) is 4.08. The van der Waals surface area contributed by atoms with Crippen molar-refractivity contribution < 1.29 is 22.7 Å². The summed E-state index contributed by atoms with van der Waals surface area (Å²) in [7, 11) is -0.841. The predicted molar refractivity (Wildman–Crippen MR) is 109 cm³/mol. The first-order valence-electron chi connectivity index (χ1n) is 9.08. The summed E-state index contributed by atoms with van der Waals surface area (Å²) in [6.45, 7) is 2.42. The minimum Gasteiger partial charge on any atom is -0.494 e. The van der Waals surface area contributed by atoms with Crippen molar-refractivity contribution in [2.24, 2.45) is 0 Å². The number of rotatable bonds is 8. The Labute approximate surface area is 170 Å². The fourth-order valence-corrected chi connectivity index (χ4v) is 3.47. The maximum absolute atomic E-state index is 12.3. The molecule has 2 aromatic rings. The Balaban J connectivity index is 1.93. The molecule has 156 valence electrons. The molecule has 0 radical (unpaired) electrons. The molecule has 0 atom stereocenters. The van der Waals surface area contributed by atoms with Gasteiger partial charge in [-0.1, -0.05) is 24.3 Å². The number of nitrogens with one attached hydrogen (secondary N) is 2. The molecular weight excluding hydrogens is 394 g/mol. The zero-order valence-corrected chi connectivity index (χ0v) is 17.5. The van der Waals surface area contributed by atoms with Gasteiger partial charge < -0.3 is 4.74 Å². The van der Waals surface area contributed by atoms with Crippen LogP contribution in [0.2, 0.25) is 0 Å². The van der Waals surface area contributed by atoms with Crippen molar-refractivity contribution in [1.29, 1.82) is 0 Å². The van der Waals surface area contributed by atoms with Gasteiger partial charge in [0.15, 0.2) is 0 Å². The van der Waals surface area contributed by atoms with E-state index in [0.717, 1.165) is 15.6 Å². The SMILES string of the molecule is CCOc1ccccc1CCC(=O)NNC(=O)c1cccc(S(=O)(=O)N(C)C)c1. The second kappa shape index (κ2) is 10.0. The van der Waals surface area contributed by atoms with Gasteiger partial charge in [0.2, 0.25) is 15.9 Å². The number of hydrazine groups is 1. The number of amides is 2. The smallest absolute Gasteiger partial charge is 0.269 e. The van der Waals surface area contributed by atoms with Crippen LogP contribution in [0.25, 0.3) is 0 Å². The van der Waals surface area contributed by atoms with Gasteiger partial charge >= 0.3 is 0 Å². The van der Waals surface area contributed by atoms with E-state index >= 15 is 0 Å². The molecule has 0 heterocycles. The van der Waals surface area contributed by atoms with Gasteiger partial charge in [-0.05, 0) is 43.2 Å². The maximum Gasteiger partial charge on any atom is 0.269 e. The van der Waals surface area contributed by atoms with Gasteiger partial charge in [0, 0.05) is 26.1 Å². The van der Waals surface area contributed by atoms with Gasteiger partial charge in [-0.3, -0.25) is 20.4 Å². The van der Waals surface area contributed by atoms with Crippen molar-refractivity contribution >= 4 is 21.8 Å². The van der Waals surface area contributed by atoms with E-state index in [4.69, 9.17) is 4.74 Å². The Morgan fingerprint density at radius 3 is 2.45 bits per heavy atom. The van der Waals surface area contributed by atoms with E-state index in [9.17, 15) is 18.0 Å². The molecule has 0 bridgehead atoms. The summed E-state index contributed by atoms with van der Waals surface area (Å²) in [6.07, 6.45) is 0.605. The van der Waals surface area contributed by atoms with Crippen LogP contribution in [-0.4, -0.2) is 45.2 Å². The Kier molecular flexibility index (Phi) is 7.74. The lowest BCUT2D eigenvalue weighted by Crippen LogP contribution is -2.41. The van der Waals surface area contributed by atoms with E-state index in [2.05, 4.69) is 10.9 Å². The first-order chi connectivity index (χ1) is 13.8. The lowest BCUT2D eigenvalue weighted by molar-refractivity contribution is -0.121. The van der Waals surface area contributed by atoms with Gasteiger partial charge in [-0.2, -0.15) is 0 Å². The summed E-state index contributed by atoms with van der Waals surface area (Å²) in [5.41, 5.74) is 5.67. The quantitative estimate of drug-likeness (QED) is 0.634. The largest absolute Gasteiger partial charge is 0.494 e. The number of para-hydroxylation sites is 1. The van der Waals surface area contributed by atoms with Crippen LogP contribution in [0, 0.1) is 0 Å². The molecule has 0 fully saturated rings. The van der Waals surface area contributed by atoms with Gasteiger partial charge in [-0.25, -0.2) is 12.7 Å². The van der Waals surface area contributed by atoms with E-state index in [1.54, 1.807) is 0 Å². The molecule has 0 unspecified atom stereocenters. The average Bonchev–Trinajstić information content (AvgIpc) is 2.71. The molecule has 2 amide bonds. The molecule has 9 heteroatoms. The second-order valence-electron chi connectivity index (χ2n) is 6.36. The van der Waals surface area contributed by atoms with Crippen LogP contribution >= 0.6 is 0 Å². The fourth-order valence-electron chi connectivity index (χ4n) is 2.52. The van der Waals surface area contributed by atoms with E-state index in [1.807, 2.05) is 31.2 Å². The maximum atomic E-state index is 12.3. The molecule has 0 saturated carbocycles. The molecule has 0 saturated heterocycles. The summed E-state index contributed by atoms with van der Waals surface area (Å²) in [5.74, 6) is -0.253. The van der Waals surface area contributed by atoms with Crippen LogP contribution in [-0.2, 0) is 21.2 Å². The number of carbonyl (C=O) groups excluding carboxylic acids is 2. The van der Waals surface area contributed by atoms with Gasteiger partial charge in [0.1, 0.15) is 5.75 Å². The lowest BCUT2D eigenvalue weighted by atomic mass is 10.1. The molecule has 0 spiro atoms. The Bertz CT molecular complexity index is 974. The minimum absolute atomic E-state index is 0.00555. The van der Waals surface area contributed by atoms with E-state index in [-0.39, 0.29) is 22.8 Å². The third kappa shape index (κ3) is 6.03. The molecule has 2 rings (SSSR count). The number of carbonyl (C=O) groups is 2. The van der Waals surface area contributed by atoms with Crippen LogP contribution in [0.5, 0.6) is 5.75 Å². The number of benzene rings is 2. The van der Waals surface area contributed by atoms with Crippen molar-refractivity contribution in [3.63, 3.8) is 0 Å². The van der Waals surface area contributed by atoms with Gasteiger partial charge in [0.05, 0.1) is 11.5 Å². The number of nitrogens with zero attached hydrogens (tertiary/aromatic N) is 1. The fraction of sp³-hybridized carbons (Fsp3) is 0.300. The number of hydrogen-bond donors (Lipinski definition) is 2. The zero-order valence-electron chi connectivity index (χ0n) is 16.6. The molecule has 0 aliphatic rings. The number of aryl methyl sites for hydroxylation is 1. The Morgan fingerprint density at radius 1 is 1.03 bits per heavy atom. The van der Waals surface area contributed by atoms with Crippen LogP contribution < -0.4 is 15.6 Å². The molecule has 0 aliphatic heterocycles. The first kappa shape index (κ1) is 22.4. The summed E-state index contributed by atoms with van der Waals surface area (Å²) < 4.78 is 31.0. The third-order valence-corrected chi connectivity index (χ3v) is 5.90. The number of ether oxygens (including phenoxy) is 1. The van der Waals surface area contributed by atoms with Crippen molar-refractivity contribution in [1.82, 2.24) is 15.2 Å². The molecule has 0 aliphatic carbocycles. The van der Waals surface area contributed by atoms with Crippen molar-refractivity contribution in [3.8, 4) is 5.75 Å². The molecule has 8 nitrogen and oxygen atoms in total. The normalized spacial score (nSPS) is 11.2. The van der Waals surface area contributed by atoms with Crippen LogP contribution in [0.4, 0.5) is 0 Å². The Hall–Kier alpha value is -2.91. The minimum atomic E-state index is -3.66. The summed E-state index contributed by atoms with van der Waals surface area (Å²) in [5, 5.41) is 0.